The zero-order chi connectivity index (χ0) is 19.8. The number of aryl methyl sites for hydroxylation is 2. The van der Waals surface area contributed by atoms with Crippen molar-refractivity contribution in [2.45, 2.75) is 19.9 Å². The molecule has 0 saturated carbocycles. The number of nitrogens with zero attached hydrogens (tertiary/aromatic N) is 5. The van der Waals surface area contributed by atoms with Crippen molar-refractivity contribution >= 4 is 5.91 Å². The third-order valence-corrected chi connectivity index (χ3v) is 5.29. The number of likely N-dealkylation sites (N-methyl/N-ethyl adjacent to an activating group) is 1. The highest BCUT2D eigenvalue weighted by Crippen LogP contribution is 2.25. The van der Waals surface area contributed by atoms with Crippen molar-refractivity contribution in [2.24, 2.45) is 0 Å². The van der Waals surface area contributed by atoms with Crippen LogP contribution in [0.1, 0.15) is 21.7 Å². The number of benzene rings is 1. The van der Waals surface area contributed by atoms with Crippen molar-refractivity contribution in [1.82, 2.24) is 24.3 Å². The van der Waals surface area contributed by atoms with Crippen LogP contribution in [0.4, 0.5) is 0 Å². The molecule has 0 spiro atoms. The average molecular weight is 375 g/mol. The molecule has 3 heterocycles. The zero-order valence-corrected chi connectivity index (χ0v) is 16.8. The molecule has 6 nitrogen and oxygen atoms in total. The molecule has 0 unspecified atom stereocenters. The zero-order valence-electron chi connectivity index (χ0n) is 16.8. The van der Waals surface area contributed by atoms with E-state index >= 15 is 0 Å². The fraction of sp³-hybridized carbons (Fsp3) is 0.318. The molecule has 1 amide bonds. The summed E-state index contributed by atoms with van der Waals surface area (Å²) < 4.78 is 1.97. The summed E-state index contributed by atoms with van der Waals surface area (Å²) in [6, 6.07) is 12.6. The van der Waals surface area contributed by atoms with Crippen LogP contribution < -0.4 is 0 Å². The quantitative estimate of drug-likeness (QED) is 0.704. The first-order valence-electron chi connectivity index (χ1n) is 9.47. The predicted molar refractivity (Wildman–Crippen MR) is 110 cm³/mol. The van der Waals surface area contributed by atoms with Crippen LogP contribution in [0.25, 0.3) is 17.1 Å². The summed E-state index contributed by atoms with van der Waals surface area (Å²) >= 11 is 0. The van der Waals surface area contributed by atoms with E-state index < -0.39 is 0 Å². The summed E-state index contributed by atoms with van der Waals surface area (Å²) in [5.41, 5.74) is 4.47. The lowest BCUT2D eigenvalue weighted by molar-refractivity contribution is 0.0394. The van der Waals surface area contributed by atoms with Gasteiger partial charge in [0, 0.05) is 48.5 Å². The molecule has 0 aliphatic carbocycles. The van der Waals surface area contributed by atoms with E-state index in [2.05, 4.69) is 28.9 Å². The number of hydrogen-bond acceptors (Lipinski definition) is 4. The third kappa shape index (κ3) is 3.43. The van der Waals surface area contributed by atoms with Gasteiger partial charge in [-0.3, -0.25) is 14.3 Å². The Kier molecular flexibility index (Phi) is 4.73. The van der Waals surface area contributed by atoms with Gasteiger partial charge < -0.3 is 9.80 Å². The van der Waals surface area contributed by atoms with Crippen LogP contribution in [0.3, 0.4) is 0 Å². The Balaban J connectivity index is 1.71. The van der Waals surface area contributed by atoms with Crippen LogP contribution in [-0.4, -0.2) is 63.5 Å². The van der Waals surface area contributed by atoms with Crippen molar-refractivity contribution in [1.29, 1.82) is 0 Å². The molecule has 0 N–H and O–H groups in total. The van der Waals surface area contributed by atoms with Crippen LogP contribution >= 0.6 is 0 Å². The van der Waals surface area contributed by atoms with E-state index in [1.54, 1.807) is 0 Å². The number of hydrogen-bond donors (Lipinski definition) is 0. The van der Waals surface area contributed by atoms with Gasteiger partial charge in [0.2, 0.25) is 0 Å². The molecule has 4 rings (SSSR count). The number of likely N-dealkylation sites (tertiary alicyclic amines) is 1. The van der Waals surface area contributed by atoms with E-state index in [0.717, 1.165) is 35.9 Å². The fourth-order valence-electron chi connectivity index (χ4n) is 3.30. The SMILES string of the molecule is Cc1ccc(-n2cc(C(=O)N3CC(N(C)C)C3)nc2-c2ccc(C)nc2)cc1. The molecule has 144 valence electrons. The molecule has 1 aliphatic heterocycles. The van der Waals surface area contributed by atoms with Gasteiger partial charge in [-0.25, -0.2) is 4.98 Å². The first-order chi connectivity index (χ1) is 13.4. The van der Waals surface area contributed by atoms with Crippen molar-refractivity contribution in [2.75, 3.05) is 27.2 Å². The number of aromatic nitrogens is 3. The highest BCUT2D eigenvalue weighted by molar-refractivity contribution is 5.93. The smallest absolute Gasteiger partial charge is 0.274 e. The molecule has 28 heavy (non-hydrogen) atoms. The predicted octanol–water partition coefficient (Wildman–Crippen LogP) is 2.94. The molecule has 6 heteroatoms. The third-order valence-electron chi connectivity index (χ3n) is 5.29. The summed E-state index contributed by atoms with van der Waals surface area (Å²) in [5, 5.41) is 0. The number of rotatable bonds is 4. The molecule has 1 aliphatic rings. The maximum Gasteiger partial charge on any atom is 0.274 e. The molecular weight excluding hydrogens is 350 g/mol. The standard InChI is InChI=1S/C22H25N5O/c1-15-5-9-18(10-6-15)27-14-20(22(28)26-12-19(13-26)25(3)4)24-21(27)17-8-7-16(2)23-11-17/h5-11,14,19H,12-13H2,1-4H3. The Labute approximate surface area is 165 Å². The molecule has 2 aromatic heterocycles. The number of carbonyl (C=O) groups excluding carboxylic acids is 1. The Morgan fingerprint density at radius 3 is 2.39 bits per heavy atom. The van der Waals surface area contributed by atoms with Crippen LogP contribution in [0.5, 0.6) is 0 Å². The van der Waals surface area contributed by atoms with Crippen molar-refractivity contribution < 1.29 is 4.79 Å². The van der Waals surface area contributed by atoms with E-state index in [-0.39, 0.29) is 5.91 Å². The molecule has 3 aromatic rings. The molecule has 0 bridgehead atoms. The lowest BCUT2D eigenvalue weighted by atomic mass is 10.1. The average Bonchev–Trinajstić information content (AvgIpc) is 3.06. The molecular formula is C22H25N5O. The normalized spacial score (nSPS) is 14.4. The second kappa shape index (κ2) is 7.20. The maximum absolute atomic E-state index is 12.9. The number of amides is 1. The summed E-state index contributed by atoms with van der Waals surface area (Å²) in [4.78, 5) is 26.0. The topological polar surface area (TPSA) is 54.3 Å². The van der Waals surface area contributed by atoms with E-state index in [1.165, 1.54) is 5.56 Å². The minimum atomic E-state index is -0.0229. The monoisotopic (exact) mass is 375 g/mol. The largest absolute Gasteiger partial charge is 0.334 e. The summed E-state index contributed by atoms with van der Waals surface area (Å²) in [6.45, 7) is 5.49. The van der Waals surface area contributed by atoms with E-state index in [9.17, 15) is 4.79 Å². The van der Waals surface area contributed by atoms with Gasteiger partial charge >= 0.3 is 0 Å². The first kappa shape index (κ1) is 18.4. The van der Waals surface area contributed by atoms with Gasteiger partial charge in [0.25, 0.3) is 5.91 Å². The number of carbonyl (C=O) groups is 1. The van der Waals surface area contributed by atoms with Gasteiger partial charge in [-0.15, -0.1) is 0 Å². The minimum absolute atomic E-state index is 0.0229. The molecule has 0 radical (unpaired) electrons. The molecule has 1 fully saturated rings. The Morgan fingerprint density at radius 1 is 1.07 bits per heavy atom. The minimum Gasteiger partial charge on any atom is -0.334 e. The molecule has 0 atom stereocenters. The Bertz CT molecular complexity index is 920. The lowest BCUT2D eigenvalue weighted by Crippen LogP contribution is -2.59. The highest BCUT2D eigenvalue weighted by Gasteiger charge is 2.33. The van der Waals surface area contributed by atoms with Crippen molar-refractivity contribution in [3.05, 3.63) is 65.7 Å². The van der Waals surface area contributed by atoms with Gasteiger partial charge in [0.15, 0.2) is 0 Å². The second-order valence-electron chi connectivity index (χ2n) is 7.67. The lowest BCUT2D eigenvalue weighted by Gasteiger charge is -2.42. The van der Waals surface area contributed by atoms with Crippen LogP contribution in [0.15, 0.2) is 48.8 Å². The number of imidazole rings is 1. The Hall–Kier alpha value is -2.99. The Morgan fingerprint density at radius 2 is 1.79 bits per heavy atom. The van der Waals surface area contributed by atoms with Crippen molar-refractivity contribution in [3.8, 4) is 17.1 Å². The van der Waals surface area contributed by atoms with Gasteiger partial charge in [-0.2, -0.15) is 0 Å². The van der Waals surface area contributed by atoms with E-state index in [0.29, 0.717) is 11.7 Å². The maximum atomic E-state index is 12.9. The van der Waals surface area contributed by atoms with Crippen LogP contribution in [0.2, 0.25) is 0 Å². The summed E-state index contributed by atoms with van der Waals surface area (Å²) in [7, 11) is 4.09. The number of pyridine rings is 1. The summed E-state index contributed by atoms with van der Waals surface area (Å²) in [6.07, 6.45) is 3.65. The molecule has 1 saturated heterocycles. The summed E-state index contributed by atoms with van der Waals surface area (Å²) in [5.74, 6) is 0.703. The fourth-order valence-corrected chi connectivity index (χ4v) is 3.30. The van der Waals surface area contributed by atoms with Gasteiger partial charge in [0.05, 0.1) is 0 Å². The first-order valence-corrected chi connectivity index (χ1v) is 9.47. The second-order valence-corrected chi connectivity index (χ2v) is 7.67. The van der Waals surface area contributed by atoms with Crippen LogP contribution in [-0.2, 0) is 0 Å². The van der Waals surface area contributed by atoms with Crippen molar-refractivity contribution in [3.63, 3.8) is 0 Å². The van der Waals surface area contributed by atoms with Gasteiger partial charge in [-0.05, 0) is 52.2 Å². The van der Waals surface area contributed by atoms with Gasteiger partial charge in [0.1, 0.15) is 11.5 Å². The molecule has 1 aromatic carbocycles. The van der Waals surface area contributed by atoms with E-state index in [4.69, 9.17) is 4.98 Å². The van der Waals surface area contributed by atoms with Gasteiger partial charge in [-0.1, -0.05) is 17.7 Å². The van der Waals surface area contributed by atoms with E-state index in [1.807, 2.05) is 67.1 Å². The van der Waals surface area contributed by atoms with Crippen LogP contribution in [0, 0.1) is 13.8 Å². The highest BCUT2D eigenvalue weighted by atomic mass is 16.2.